The first-order valence-electron chi connectivity index (χ1n) is 10.7. The van der Waals surface area contributed by atoms with Gasteiger partial charge in [-0.25, -0.2) is 0 Å². The number of primary amides is 1. The van der Waals surface area contributed by atoms with Gasteiger partial charge in [-0.3, -0.25) is 19.2 Å². The molecule has 7 atom stereocenters. The second-order valence-electron chi connectivity index (χ2n) is 9.74. The molecule has 3 fully saturated rings. The Morgan fingerprint density at radius 1 is 0.938 bits per heavy atom. The van der Waals surface area contributed by atoms with Crippen LogP contribution in [0.2, 0.25) is 0 Å². The van der Waals surface area contributed by atoms with Crippen LogP contribution in [0.4, 0.5) is 0 Å². The van der Waals surface area contributed by atoms with Gasteiger partial charge in [-0.05, 0) is 20.3 Å². The zero-order valence-corrected chi connectivity index (χ0v) is 18.8. The third-order valence-corrected chi connectivity index (χ3v) is 6.93. The van der Waals surface area contributed by atoms with Crippen molar-refractivity contribution in [1.29, 1.82) is 0 Å². The fourth-order valence-corrected chi connectivity index (χ4v) is 5.47. The second-order valence-corrected chi connectivity index (χ2v) is 9.74. The zero-order chi connectivity index (χ0) is 24.3. The van der Waals surface area contributed by atoms with Crippen LogP contribution in [0.3, 0.4) is 0 Å². The molecule has 0 aromatic carbocycles. The van der Waals surface area contributed by atoms with Crippen LogP contribution in [0, 0.1) is 11.3 Å². The van der Waals surface area contributed by atoms with Gasteiger partial charge in [0.2, 0.25) is 17.7 Å². The predicted octanol–water partition coefficient (Wildman–Crippen LogP) is -3.45. The molecule has 12 nitrogen and oxygen atoms in total. The molecule has 12 heteroatoms. The minimum Gasteiger partial charge on any atom is -0.391 e. The minimum atomic E-state index is -1.48. The molecule has 7 N–H and O–H groups in total. The van der Waals surface area contributed by atoms with E-state index in [0.717, 1.165) is 0 Å². The van der Waals surface area contributed by atoms with Crippen molar-refractivity contribution >= 4 is 23.6 Å². The maximum atomic E-state index is 13.4. The molecule has 4 amide bonds. The first-order valence-corrected chi connectivity index (χ1v) is 10.7. The topological polar surface area (TPSA) is 191 Å². The van der Waals surface area contributed by atoms with E-state index in [-0.39, 0.29) is 32.0 Å². The summed E-state index contributed by atoms with van der Waals surface area (Å²) in [7, 11) is 0. The number of amides is 4. The van der Waals surface area contributed by atoms with Gasteiger partial charge >= 0.3 is 0 Å². The molecule has 0 aromatic rings. The molecule has 3 aliphatic heterocycles. The molecule has 3 aliphatic rings. The molecule has 3 heterocycles. The van der Waals surface area contributed by atoms with Crippen LogP contribution in [-0.4, -0.2) is 109 Å². The monoisotopic (exact) mass is 455 g/mol. The highest BCUT2D eigenvalue weighted by molar-refractivity contribution is 6.02. The minimum absolute atomic E-state index is 0.00522. The Morgan fingerprint density at radius 3 is 1.91 bits per heavy atom. The summed E-state index contributed by atoms with van der Waals surface area (Å²) in [6.07, 6.45) is -3.72. The summed E-state index contributed by atoms with van der Waals surface area (Å²) >= 11 is 0. The normalized spacial score (nSPS) is 32.1. The lowest BCUT2D eigenvalue weighted by molar-refractivity contribution is -0.180. The molecule has 0 aliphatic carbocycles. The Labute approximate surface area is 186 Å². The van der Waals surface area contributed by atoms with Crippen LogP contribution in [0.25, 0.3) is 0 Å². The maximum absolute atomic E-state index is 13.4. The van der Waals surface area contributed by atoms with Crippen molar-refractivity contribution in [3.8, 4) is 0 Å². The van der Waals surface area contributed by atoms with E-state index in [1.807, 2.05) is 0 Å². The number of hydrogen-bond donors (Lipinski definition) is 5. The molecule has 2 spiro atoms. The summed E-state index contributed by atoms with van der Waals surface area (Å²) in [4.78, 5) is 55.1. The number of β-lactam (4-membered cyclic amide) rings is 2. The molecule has 0 aromatic heterocycles. The van der Waals surface area contributed by atoms with Crippen LogP contribution >= 0.6 is 0 Å². The third-order valence-electron chi connectivity index (χ3n) is 6.93. The summed E-state index contributed by atoms with van der Waals surface area (Å²) in [5.74, 6) is -2.51. The Kier molecular flexibility index (Phi) is 6.05. The summed E-state index contributed by atoms with van der Waals surface area (Å²) in [6, 6.07) is -2.25. The van der Waals surface area contributed by atoms with E-state index in [1.54, 1.807) is 13.8 Å². The largest absolute Gasteiger partial charge is 0.391 e. The van der Waals surface area contributed by atoms with Crippen LogP contribution in [0.15, 0.2) is 0 Å². The first-order chi connectivity index (χ1) is 14.7. The molecule has 0 bridgehead atoms. The summed E-state index contributed by atoms with van der Waals surface area (Å²) < 4.78 is 0. The van der Waals surface area contributed by atoms with Crippen molar-refractivity contribution in [1.82, 2.24) is 14.7 Å². The van der Waals surface area contributed by atoms with Gasteiger partial charge in [-0.15, -0.1) is 0 Å². The van der Waals surface area contributed by atoms with E-state index in [4.69, 9.17) is 11.5 Å². The maximum Gasteiger partial charge on any atom is 0.251 e. The summed E-state index contributed by atoms with van der Waals surface area (Å²) in [6.45, 7) is 6.22. The molecular formula is C20H33N5O7. The molecule has 3 saturated heterocycles. The smallest absolute Gasteiger partial charge is 0.251 e. The van der Waals surface area contributed by atoms with Gasteiger partial charge in [-0.2, -0.15) is 0 Å². The average Bonchev–Trinajstić information content (AvgIpc) is 3.05. The van der Waals surface area contributed by atoms with Crippen molar-refractivity contribution in [2.24, 2.45) is 22.8 Å². The second kappa shape index (κ2) is 7.94. The number of likely N-dealkylation sites (tertiary alicyclic amines) is 3. The number of rotatable bonds is 7. The quantitative estimate of drug-likeness (QED) is 0.193. The van der Waals surface area contributed by atoms with Crippen molar-refractivity contribution in [2.45, 2.75) is 70.2 Å². The van der Waals surface area contributed by atoms with Crippen LogP contribution in [-0.2, 0) is 19.2 Å². The zero-order valence-electron chi connectivity index (χ0n) is 18.8. The van der Waals surface area contributed by atoms with Crippen molar-refractivity contribution < 1.29 is 34.5 Å². The number of carbonyl (C=O) groups excluding carboxylic acids is 4. The average molecular weight is 456 g/mol. The third kappa shape index (κ3) is 3.36. The standard InChI is InChI=1S/C20H33N5O7/c1-9(2)16(30)25-7-19(6-23(17(19)31)12(10(3)26)14(21)28)5-20(25)8-24(18(20)32)13(11(4)27)15(22)29/h9-13,15,26-27,29H,5-8,22H2,1-4H3,(H2,21,28)/t10-,11-,12+,13+,15?,19?,20?/m1/s1. The van der Waals surface area contributed by atoms with E-state index in [1.165, 1.54) is 28.5 Å². The molecular weight excluding hydrogens is 422 g/mol. The van der Waals surface area contributed by atoms with Crippen molar-refractivity contribution in [3.63, 3.8) is 0 Å². The van der Waals surface area contributed by atoms with E-state index in [9.17, 15) is 34.5 Å². The number of nitrogens with two attached hydrogens (primary N) is 2. The summed E-state index contributed by atoms with van der Waals surface area (Å²) in [5.41, 5.74) is 8.54. The molecule has 3 unspecified atom stereocenters. The number of aliphatic hydroxyl groups is 3. The van der Waals surface area contributed by atoms with Crippen LogP contribution < -0.4 is 11.5 Å². The number of aliphatic hydroxyl groups excluding tert-OH is 3. The summed E-state index contributed by atoms with van der Waals surface area (Å²) in [5, 5.41) is 29.7. The number of nitrogens with zero attached hydrogens (tertiary/aromatic N) is 3. The van der Waals surface area contributed by atoms with Gasteiger partial charge in [0, 0.05) is 19.0 Å². The van der Waals surface area contributed by atoms with Gasteiger partial charge < -0.3 is 41.5 Å². The highest BCUT2D eigenvalue weighted by atomic mass is 16.3. The van der Waals surface area contributed by atoms with Crippen LogP contribution in [0.5, 0.6) is 0 Å². The lowest BCUT2D eigenvalue weighted by atomic mass is 9.70. The molecule has 0 saturated carbocycles. The van der Waals surface area contributed by atoms with E-state index < -0.39 is 65.1 Å². The Hall–Kier alpha value is -2.28. The lowest BCUT2D eigenvalue weighted by Gasteiger charge is -2.55. The fourth-order valence-electron chi connectivity index (χ4n) is 5.47. The molecule has 0 radical (unpaired) electrons. The van der Waals surface area contributed by atoms with Crippen LogP contribution in [0.1, 0.15) is 34.1 Å². The van der Waals surface area contributed by atoms with Crippen molar-refractivity contribution in [3.05, 3.63) is 0 Å². The van der Waals surface area contributed by atoms with Gasteiger partial charge in [0.25, 0.3) is 5.91 Å². The fraction of sp³-hybridized carbons (Fsp3) is 0.800. The van der Waals surface area contributed by atoms with Gasteiger partial charge in [0.05, 0.1) is 30.2 Å². The number of carbonyl (C=O) groups is 4. The van der Waals surface area contributed by atoms with E-state index in [2.05, 4.69) is 0 Å². The Balaban J connectivity index is 1.90. The van der Waals surface area contributed by atoms with Gasteiger partial charge in [-0.1, -0.05) is 13.8 Å². The van der Waals surface area contributed by atoms with Gasteiger partial charge in [0.15, 0.2) is 0 Å². The Morgan fingerprint density at radius 2 is 1.53 bits per heavy atom. The Bertz CT molecular complexity index is 823. The lowest BCUT2D eigenvalue weighted by Crippen LogP contribution is -2.78. The van der Waals surface area contributed by atoms with E-state index in [0.29, 0.717) is 0 Å². The SMILES string of the molecule is CC(C)C(=O)N1CC2(CN([C@H](C(N)=O)[C@@H](C)O)C2=O)CC12CN([C@H](C(N)O)[C@@H](C)O)C2=O. The molecule has 180 valence electrons. The predicted molar refractivity (Wildman–Crippen MR) is 110 cm³/mol. The van der Waals surface area contributed by atoms with Crippen molar-refractivity contribution in [2.75, 3.05) is 19.6 Å². The highest BCUT2D eigenvalue weighted by Gasteiger charge is 2.73. The molecule has 32 heavy (non-hydrogen) atoms. The highest BCUT2D eigenvalue weighted by Crippen LogP contribution is 2.53. The van der Waals surface area contributed by atoms with E-state index >= 15 is 0 Å². The van der Waals surface area contributed by atoms with Gasteiger partial charge in [0.1, 0.15) is 17.8 Å². The molecule has 3 rings (SSSR count). The first kappa shape index (κ1) is 24.4. The number of hydrogen-bond acceptors (Lipinski definition) is 8.